The zero-order valence-electron chi connectivity index (χ0n) is 5.39. The van der Waals surface area contributed by atoms with Crippen LogP contribution in [0.3, 0.4) is 0 Å². The molecular formula is C7H11N. The highest BCUT2D eigenvalue weighted by atomic mass is 14.7. The lowest BCUT2D eigenvalue weighted by atomic mass is 10.1. The van der Waals surface area contributed by atoms with Crippen LogP contribution in [0.25, 0.3) is 0 Å². The van der Waals surface area contributed by atoms with Crippen molar-refractivity contribution in [3.8, 4) is 0 Å². The summed E-state index contributed by atoms with van der Waals surface area (Å²) in [5.74, 6) is 0.749. The van der Waals surface area contributed by atoms with Crippen LogP contribution in [-0.2, 0) is 0 Å². The van der Waals surface area contributed by atoms with E-state index in [0.717, 1.165) is 12.3 Å². The van der Waals surface area contributed by atoms with Crippen LogP contribution in [0.15, 0.2) is 17.3 Å². The molecule has 0 bridgehead atoms. The molecule has 0 saturated carbocycles. The molecule has 1 aliphatic heterocycles. The molecule has 0 spiro atoms. The number of aliphatic imine (C=N–C) groups is 1. The fourth-order valence-corrected chi connectivity index (χ4v) is 0.719. The van der Waals surface area contributed by atoms with Crippen molar-refractivity contribution < 1.29 is 0 Å². The summed E-state index contributed by atoms with van der Waals surface area (Å²) in [4.78, 5) is 4.05. The van der Waals surface area contributed by atoms with E-state index >= 15 is 0 Å². The van der Waals surface area contributed by atoms with Crippen LogP contribution in [-0.4, -0.2) is 5.71 Å². The van der Waals surface area contributed by atoms with Crippen molar-refractivity contribution in [3.05, 3.63) is 12.3 Å². The molecule has 0 aromatic heterocycles. The average Bonchev–Trinajstić information content (AvgIpc) is 1.55. The molecule has 0 unspecified atom stereocenters. The number of hydrogen-bond donors (Lipinski definition) is 0. The van der Waals surface area contributed by atoms with E-state index in [1.165, 1.54) is 5.71 Å². The summed E-state index contributed by atoms with van der Waals surface area (Å²) in [6.07, 6.45) is 5.05. The van der Waals surface area contributed by atoms with Gasteiger partial charge in [0.1, 0.15) is 0 Å². The van der Waals surface area contributed by atoms with Gasteiger partial charge in [-0.15, -0.1) is 0 Å². The van der Waals surface area contributed by atoms with E-state index in [4.69, 9.17) is 0 Å². The largest absolute Gasteiger partial charge is 0.261 e. The van der Waals surface area contributed by atoms with Crippen LogP contribution in [0.5, 0.6) is 0 Å². The topological polar surface area (TPSA) is 12.4 Å². The van der Waals surface area contributed by atoms with E-state index < -0.39 is 0 Å². The van der Waals surface area contributed by atoms with Gasteiger partial charge in [0.15, 0.2) is 0 Å². The Balaban J connectivity index is 2.20. The maximum atomic E-state index is 4.05. The molecule has 0 fully saturated rings. The Morgan fingerprint density at radius 3 is 2.38 bits per heavy atom. The van der Waals surface area contributed by atoms with Gasteiger partial charge in [0.25, 0.3) is 0 Å². The highest BCUT2D eigenvalue weighted by Crippen LogP contribution is 2.07. The van der Waals surface area contributed by atoms with Gasteiger partial charge in [-0.2, -0.15) is 0 Å². The van der Waals surface area contributed by atoms with E-state index in [0.29, 0.717) is 0 Å². The summed E-state index contributed by atoms with van der Waals surface area (Å²) in [5.41, 5.74) is 1.25. The van der Waals surface area contributed by atoms with Crippen molar-refractivity contribution >= 4 is 5.71 Å². The van der Waals surface area contributed by atoms with Crippen LogP contribution in [0, 0.1) is 5.92 Å². The van der Waals surface area contributed by atoms with Gasteiger partial charge in [-0.25, -0.2) is 0 Å². The third-order valence-electron chi connectivity index (χ3n) is 1.12. The van der Waals surface area contributed by atoms with Gasteiger partial charge in [-0.3, -0.25) is 4.99 Å². The summed E-state index contributed by atoms with van der Waals surface area (Å²) in [6, 6.07) is 0. The summed E-state index contributed by atoms with van der Waals surface area (Å²) < 4.78 is 0. The van der Waals surface area contributed by atoms with Gasteiger partial charge in [0.2, 0.25) is 0 Å². The van der Waals surface area contributed by atoms with E-state index in [1.807, 2.05) is 6.20 Å². The SMILES string of the molecule is CC(C)CC1=NC=C1. The van der Waals surface area contributed by atoms with Crippen molar-refractivity contribution in [3.63, 3.8) is 0 Å². The minimum absolute atomic E-state index is 0.749. The normalized spacial score (nSPS) is 16.1. The van der Waals surface area contributed by atoms with Crippen LogP contribution in [0.4, 0.5) is 0 Å². The Morgan fingerprint density at radius 2 is 2.25 bits per heavy atom. The molecule has 0 aromatic carbocycles. The van der Waals surface area contributed by atoms with Gasteiger partial charge < -0.3 is 0 Å². The second-order valence-electron chi connectivity index (χ2n) is 2.53. The standard InChI is InChI=1S/C7H11N/c1-6(2)5-7-3-4-8-7/h3-4,6H,5H2,1-2H3. The first-order valence-corrected chi connectivity index (χ1v) is 3.02. The van der Waals surface area contributed by atoms with Gasteiger partial charge in [0.05, 0.1) is 0 Å². The van der Waals surface area contributed by atoms with E-state index in [9.17, 15) is 0 Å². The lowest BCUT2D eigenvalue weighted by molar-refractivity contribution is 0.683. The average molecular weight is 109 g/mol. The van der Waals surface area contributed by atoms with Crippen LogP contribution < -0.4 is 0 Å². The summed E-state index contributed by atoms with van der Waals surface area (Å²) in [5, 5.41) is 0. The Hall–Kier alpha value is -0.590. The molecule has 1 rings (SSSR count). The molecule has 1 heteroatoms. The quantitative estimate of drug-likeness (QED) is 0.514. The molecule has 0 N–H and O–H groups in total. The zero-order valence-corrected chi connectivity index (χ0v) is 5.39. The Morgan fingerprint density at radius 1 is 1.62 bits per heavy atom. The zero-order chi connectivity index (χ0) is 5.98. The molecule has 8 heavy (non-hydrogen) atoms. The van der Waals surface area contributed by atoms with Gasteiger partial charge >= 0.3 is 0 Å². The summed E-state index contributed by atoms with van der Waals surface area (Å²) >= 11 is 0. The first-order valence-electron chi connectivity index (χ1n) is 3.02. The van der Waals surface area contributed by atoms with Gasteiger partial charge in [-0.1, -0.05) is 13.8 Å². The molecule has 0 aliphatic carbocycles. The molecule has 1 aliphatic rings. The minimum atomic E-state index is 0.749. The lowest BCUT2D eigenvalue weighted by Crippen LogP contribution is -2.03. The minimum Gasteiger partial charge on any atom is -0.261 e. The van der Waals surface area contributed by atoms with E-state index in [-0.39, 0.29) is 0 Å². The first-order chi connectivity index (χ1) is 3.79. The fourth-order valence-electron chi connectivity index (χ4n) is 0.719. The van der Waals surface area contributed by atoms with Crippen molar-refractivity contribution in [2.45, 2.75) is 20.3 Å². The van der Waals surface area contributed by atoms with Crippen molar-refractivity contribution in [1.29, 1.82) is 0 Å². The van der Waals surface area contributed by atoms with Crippen LogP contribution >= 0.6 is 0 Å². The molecule has 0 saturated heterocycles. The Labute approximate surface area is 50.1 Å². The molecule has 0 aromatic rings. The molecule has 0 radical (unpaired) electrons. The molecule has 0 atom stereocenters. The summed E-state index contributed by atoms with van der Waals surface area (Å²) in [7, 11) is 0. The van der Waals surface area contributed by atoms with Crippen LogP contribution in [0.2, 0.25) is 0 Å². The second kappa shape index (κ2) is 2.12. The number of hydrogen-bond acceptors (Lipinski definition) is 1. The predicted octanol–water partition coefficient (Wildman–Crippen LogP) is 2.00. The van der Waals surface area contributed by atoms with Crippen molar-refractivity contribution in [2.75, 3.05) is 0 Å². The van der Waals surface area contributed by atoms with Crippen LogP contribution in [0.1, 0.15) is 20.3 Å². The van der Waals surface area contributed by atoms with Gasteiger partial charge in [-0.05, 0) is 18.4 Å². The van der Waals surface area contributed by atoms with Gasteiger partial charge in [0, 0.05) is 11.9 Å². The van der Waals surface area contributed by atoms with E-state index in [1.54, 1.807) is 0 Å². The highest BCUT2D eigenvalue weighted by molar-refractivity contribution is 5.99. The Bertz CT molecular complexity index is 131. The molecule has 0 amide bonds. The third kappa shape index (κ3) is 1.19. The Kier molecular flexibility index (Phi) is 1.47. The number of rotatable bonds is 2. The second-order valence-corrected chi connectivity index (χ2v) is 2.53. The summed E-state index contributed by atoms with van der Waals surface area (Å²) in [6.45, 7) is 4.41. The van der Waals surface area contributed by atoms with Crippen molar-refractivity contribution in [2.24, 2.45) is 10.9 Å². The number of allylic oxidation sites excluding steroid dienone is 1. The maximum Gasteiger partial charge on any atom is 0.0421 e. The predicted molar refractivity (Wildman–Crippen MR) is 36.0 cm³/mol. The smallest absolute Gasteiger partial charge is 0.0421 e. The maximum absolute atomic E-state index is 4.05. The number of nitrogens with zero attached hydrogens (tertiary/aromatic N) is 1. The van der Waals surface area contributed by atoms with E-state index in [2.05, 4.69) is 24.9 Å². The first kappa shape index (κ1) is 5.54. The lowest BCUT2D eigenvalue weighted by Gasteiger charge is -2.06. The third-order valence-corrected chi connectivity index (χ3v) is 1.12. The molecular weight excluding hydrogens is 98.1 g/mol. The molecule has 1 heterocycles. The molecule has 44 valence electrons. The highest BCUT2D eigenvalue weighted by Gasteiger charge is 2.01. The molecule has 1 nitrogen and oxygen atoms in total. The van der Waals surface area contributed by atoms with Crippen molar-refractivity contribution in [1.82, 2.24) is 0 Å². The monoisotopic (exact) mass is 109 g/mol. The fraction of sp³-hybridized carbons (Fsp3) is 0.571.